The molecule has 0 unspecified atom stereocenters. The maximum Gasteiger partial charge on any atom is 0.242 e. The number of sulfonamides is 1. The van der Waals surface area contributed by atoms with Crippen molar-refractivity contribution in [1.29, 1.82) is 0 Å². The van der Waals surface area contributed by atoms with Crippen LogP contribution in [0.2, 0.25) is 0 Å². The molecular weight excluding hydrogens is 238 g/mol. The molecule has 0 fully saturated rings. The molecule has 0 bridgehead atoms. The molecule has 0 aliphatic heterocycles. The zero-order valence-corrected chi connectivity index (χ0v) is 11.6. The van der Waals surface area contributed by atoms with Crippen LogP contribution in [-0.4, -0.2) is 25.6 Å². The van der Waals surface area contributed by atoms with Gasteiger partial charge < -0.3 is 9.88 Å². The van der Waals surface area contributed by atoms with Crippen molar-refractivity contribution in [3.05, 3.63) is 18.0 Å². The molecule has 1 aromatic rings. The lowest BCUT2D eigenvalue weighted by molar-refractivity contribution is 0.569. The minimum atomic E-state index is -3.38. The number of nitrogens with zero attached hydrogens (tertiary/aromatic N) is 1. The van der Waals surface area contributed by atoms with Crippen LogP contribution in [0.4, 0.5) is 0 Å². The van der Waals surface area contributed by atoms with E-state index in [1.807, 2.05) is 18.5 Å². The molecular formula is C11H21N3O2S. The van der Waals surface area contributed by atoms with Gasteiger partial charge in [-0.3, -0.25) is 0 Å². The third kappa shape index (κ3) is 3.83. The first-order valence-electron chi connectivity index (χ1n) is 5.75. The van der Waals surface area contributed by atoms with E-state index in [4.69, 9.17) is 0 Å². The fraction of sp³-hybridized carbons (Fsp3) is 0.636. The van der Waals surface area contributed by atoms with Gasteiger partial charge >= 0.3 is 0 Å². The smallest absolute Gasteiger partial charge is 0.242 e. The van der Waals surface area contributed by atoms with Crippen LogP contribution in [0, 0.1) is 0 Å². The van der Waals surface area contributed by atoms with Crippen LogP contribution in [0.15, 0.2) is 17.2 Å². The lowest BCUT2D eigenvalue weighted by Gasteiger charge is -2.07. The minimum Gasteiger partial charge on any atom is -0.352 e. The molecule has 0 saturated carbocycles. The molecule has 0 radical (unpaired) electrons. The molecule has 98 valence electrons. The number of nitrogens with one attached hydrogen (secondary N) is 2. The molecule has 0 spiro atoms. The maximum atomic E-state index is 11.9. The van der Waals surface area contributed by atoms with Gasteiger partial charge in [0.2, 0.25) is 10.0 Å². The van der Waals surface area contributed by atoms with Crippen LogP contribution in [0.25, 0.3) is 0 Å². The second kappa shape index (κ2) is 5.66. The van der Waals surface area contributed by atoms with Gasteiger partial charge in [-0.15, -0.1) is 0 Å². The van der Waals surface area contributed by atoms with E-state index in [0.29, 0.717) is 11.4 Å². The number of hydrogen-bond donors (Lipinski definition) is 2. The third-order valence-electron chi connectivity index (χ3n) is 2.34. The van der Waals surface area contributed by atoms with Crippen molar-refractivity contribution in [2.75, 3.05) is 6.54 Å². The van der Waals surface area contributed by atoms with Crippen molar-refractivity contribution in [2.24, 2.45) is 7.05 Å². The van der Waals surface area contributed by atoms with Gasteiger partial charge in [0.1, 0.15) is 0 Å². The molecule has 0 aromatic carbocycles. The Bertz CT molecular complexity index is 463. The largest absolute Gasteiger partial charge is 0.352 e. The van der Waals surface area contributed by atoms with Crippen molar-refractivity contribution < 1.29 is 8.42 Å². The lowest BCUT2D eigenvalue weighted by Crippen LogP contribution is -2.29. The fourth-order valence-corrected chi connectivity index (χ4v) is 2.88. The van der Waals surface area contributed by atoms with Crippen LogP contribution < -0.4 is 10.0 Å². The molecule has 0 aliphatic carbocycles. The van der Waals surface area contributed by atoms with Crippen molar-refractivity contribution in [3.63, 3.8) is 0 Å². The summed E-state index contributed by atoms with van der Waals surface area (Å²) in [4.78, 5) is 0.321. The van der Waals surface area contributed by atoms with E-state index < -0.39 is 10.0 Å². The quantitative estimate of drug-likeness (QED) is 0.795. The summed E-state index contributed by atoms with van der Waals surface area (Å²) in [5.74, 6) is 0. The number of aromatic nitrogens is 1. The summed E-state index contributed by atoms with van der Waals surface area (Å²) in [6.07, 6.45) is 1.64. The lowest BCUT2D eigenvalue weighted by atomic mass is 10.4. The van der Waals surface area contributed by atoms with Gasteiger partial charge in [-0.2, -0.15) is 0 Å². The second-order valence-electron chi connectivity index (χ2n) is 4.33. The van der Waals surface area contributed by atoms with Crippen LogP contribution in [0.5, 0.6) is 0 Å². The Morgan fingerprint density at radius 2 is 2.06 bits per heavy atom. The highest BCUT2D eigenvalue weighted by Crippen LogP contribution is 2.13. The van der Waals surface area contributed by atoms with Crippen LogP contribution in [0.3, 0.4) is 0 Å². The number of hydrogen-bond acceptors (Lipinski definition) is 3. The summed E-state index contributed by atoms with van der Waals surface area (Å²) >= 11 is 0. The highest BCUT2D eigenvalue weighted by Gasteiger charge is 2.18. The first-order valence-corrected chi connectivity index (χ1v) is 7.23. The van der Waals surface area contributed by atoms with Gasteiger partial charge in [0.25, 0.3) is 0 Å². The Labute approximate surface area is 103 Å². The molecule has 5 nitrogen and oxygen atoms in total. The summed E-state index contributed by atoms with van der Waals surface area (Å²) in [6.45, 7) is 7.16. The summed E-state index contributed by atoms with van der Waals surface area (Å²) in [6, 6.07) is 1.60. The molecule has 0 atom stereocenters. The number of rotatable bonds is 6. The van der Waals surface area contributed by atoms with Gasteiger partial charge in [0, 0.05) is 31.5 Å². The average Bonchev–Trinajstić information content (AvgIpc) is 2.56. The predicted octanol–water partition coefficient (Wildman–Crippen LogP) is 0.821. The van der Waals surface area contributed by atoms with Crippen molar-refractivity contribution >= 4 is 10.0 Å². The molecule has 1 heterocycles. The van der Waals surface area contributed by atoms with Gasteiger partial charge in [0.15, 0.2) is 0 Å². The third-order valence-corrected chi connectivity index (χ3v) is 3.97. The highest BCUT2D eigenvalue weighted by molar-refractivity contribution is 7.89. The fourth-order valence-electron chi connectivity index (χ4n) is 1.53. The SMILES string of the molecule is CCNCc1cc(S(=O)(=O)NC(C)C)cn1C. The topological polar surface area (TPSA) is 63.1 Å². The monoisotopic (exact) mass is 259 g/mol. The second-order valence-corrected chi connectivity index (χ2v) is 6.05. The normalized spacial score (nSPS) is 12.3. The molecule has 0 saturated heterocycles. The molecule has 17 heavy (non-hydrogen) atoms. The minimum absolute atomic E-state index is 0.0996. The maximum absolute atomic E-state index is 11.9. The molecule has 0 aliphatic rings. The van der Waals surface area contributed by atoms with E-state index in [1.165, 1.54) is 0 Å². The van der Waals surface area contributed by atoms with Crippen molar-refractivity contribution in [2.45, 2.75) is 38.3 Å². The van der Waals surface area contributed by atoms with E-state index in [-0.39, 0.29) is 6.04 Å². The van der Waals surface area contributed by atoms with Crippen LogP contribution in [0.1, 0.15) is 26.5 Å². The molecule has 1 aromatic heterocycles. The molecule has 0 amide bonds. The van der Waals surface area contributed by atoms with Crippen LogP contribution >= 0.6 is 0 Å². The Hall–Kier alpha value is -0.850. The average molecular weight is 259 g/mol. The first kappa shape index (κ1) is 14.2. The van der Waals surface area contributed by atoms with Gasteiger partial charge in [-0.25, -0.2) is 13.1 Å². The summed E-state index contributed by atoms with van der Waals surface area (Å²) < 4.78 is 28.3. The Balaban J connectivity index is 2.92. The van der Waals surface area contributed by atoms with E-state index in [0.717, 1.165) is 12.2 Å². The zero-order chi connectivity index (χ0) is 13.1. The summed E-state index contributed by atoms with van der Waals surface area (Å²) in [5.41, 5.74) is 0.955. The van der Waals surface area contributed by atoms with E-state index in [1.54, 1.807) is 26.1 Å². The van der Waals surface area contributed by atoms with E-state index in [2.05, 4.69) is 10.0 Å². The zero-order valence-electron chi connectivity index (χ0n) is 10.8. The summed E-state index contributed by atoms with van der Waals surface area (Å²) in [7, 11) is -1.54. The van der Waals surface area contributed by atoms with Crippen molar-refractivity contribution in [3.8, 4) is 0 Å². The Kier molecular flexibility index (Phi) is 4.73. The molecule has 2 N–H and O–H groups in total. The van der Waals surface area contributed by atoms with Crippen molar-refractivity contribution in [1.82, 2.24) is 14.6 Å². The van der Waals surface area contributed by atoms with Gasteiger partial charge in [-0.1, -0.05) is 6.92 Å². The van der Waals surface area contributed by atoms with Crippen LogP contribution in [-0.2, 0) is 23.6 Å². The molecule has 6 heteroatoms. The standard InChI is InChI=1S/C11H21N3O2S/c1-5-12-7-10-6-11(8-14(10)4)17(15,16)13-9(2)3/h6,8-9,12-13H,5,7H2,1-4H3. The highest BCUT2D eigenvalue weighted by atomic mass is 32.2. The first-order chi connectivity index (χ1) is 7.86. The van der Waals surface area contributed by atoms with Gasteiger partial charge in [0.05, 0.1) is 4.90 Å². The molecule has 1 rings (SSSR count). The number of aryl methyl sites for hydroxylation is 1. The Morgan fingerprint density at radius 1 is 1.41 bits per heavy atom. The van der Waals surface area contributed by atoms with E-state index >= 15 is 0 Å². The summed E-state index contributed by atoms with van der Waals surface area (Å²) in [5, 5.41) is 3.17. The Morgan fingerprint density at radius 3 is 2.59 bits per heavy atom. The van der Waals surface area contributed by atoms with E-state index in [9.17, 15) is 8.42 Å². The van der Waals surface area contributed by atoms with Gasteiger partial charge in [-0.05, 0) is 26.5 Å². The predicted molar refractivity (Wildman–Crippen MR) is 68.3 cm³/mol.